The molecule has 0 aromatic heterocycles. The van der Waals surface area contributed by atoms with E-state index in [9.17, 15) is 4.79 Å². The van der Waals surface area contributed by atoms with E-state index in [4.69, 9.17) is 0 Å². The maximum absolute atomic E-state index is 12.2. The highest BCUT2D eigenvalue weighted by molar-refractivity contribution is 5.82. The first-order valence-electron chi connectivity index (χ1n) is 6.46. The highest BCUT2D eigenvalue weighted by atomic mass is 16.2. The van der Waals surface area contributed by atoms with E-state index >= 15 is 0 Å². The molecule has 1 heterocycles. The predicted molar refractivity (Wildman–Crippen MR) is 75.6 cm³/mol. The number of fused-ring (bicyclic) bond motifs is 1. The normalized spacial score (nSPS) is 14.5. The molecule has 0 atom stereocenters. The Morgan fingerprint density at radius 3 is 2.58 bits per heavy atom. The fourth-order valence-electron chi connectivity index (χ4n) is 2.35. The molecule has 19 heavy (non-hydrogen) atoms. The molecule has 2 aromatic carbocycles. The van der Waals surface area contributed by atoms with Crippen molar-refractivity contribution < 1.29 is 4.79 Å². The number of para-hydroxylation sites is 1. The van der Waals surface area contributed by atoms with Gasteiger partial charge in [0.05, 0.1) is 6.54 Å². The Balaban J connectivity index is 1.83. The second kappa shape index (κ2) is 5.14. The zero-order valence-corrected chi connectivity index (χ0v) is 10.7. The van der Waals surface area contributed by atoms with Crippen molar-refractivity contribution in [3.8, 4) is 0 Å². The first-order valence-corrected chi connectivity index (χ1v) is 6.46. The Bertz CT molecular complexity index is 580. The van der Waals surface area contributed by atoms with Crippen molar-refractivity contribution >= 4 is 11.6 Å². The Labute approximate surface area is 112 Å². The summed E-state index contributed by atoms with van der Waals surface area (Å²) in [5.41, 5.74) is 3.39. The van der Waals surface area contributed by atoms with Crippen molar-refractivity contribution in [2.24, 2.45) is 0 Å². The smallest absolute Gasteiger partial charge is 0.242 e. The Kier molecular flexibility index (Phi) is 3.19. The number of benzene rings is 2. The number of rotatable bonds is 2. The third-order valence-corrected chi connectivity index (χ3v) is 3.38. The third kappa shape index (κ3) is 2.60. The van der Waals surface area contributed by atoms with Crippen molar-refractivity contribution in [1.29, 1.82) is 0 Å². The molecular weight excluding hydrogens is 236 g/mol. The van der Waals surface area contributed by atoms with Crippen LogP contribution < -0.4 is 5.32 Å². The van der Waals surface area contributed by atoms with Crippen molar-refractivity contribution in [1.82, 2.24) is 4.90 Å². The van der Waals surface area contributed by atoms with Gasteiger partial charge < -0.3 is 10.2 Å². The molecule has 3 heteroatoms. The van der Waals surface area contributed by atoms with Crippen LogP contribution in [0.25, 0.3) is 0 Å². The summed E-state index contributed by atoms with van der Waals surface area (Å²) < 4.78 is 0. The molecule has 3 nitrogen and oxygen atoms in total. The Morgan fingerprint density at radius 2 is 1.74 bits per heavy atom. The van der Waals surface area contributed by atoms with Gasteiger partial charge in [-0.05, 0) is 17.2 Å². The maximum atomic E-state index is 12.2. The molecule has 0 unspecified atom stereocenters. The van der Waals surface area contributed by atoms with Crippen LogP contribution in [0.3, 0.4) is 0 Å². The summed E-state index contributed by atoms with van der Waals surface area (Å²) in [4.78, 5) is 14.0. The Morgan fingerprint density at radius 1 is 1.00 bits per heavy atom. The second-order valence-electron chi connectivity index (χ2n) is 4.75. The van der Waals surface area contributed by atoms with Crippen molar-refractivity contribution in [3.63, 3.8) is 0 Å². The van der Waals surface area contributed by atoms with Gasteiger partial charge in [-0.1, -0.05) is 48.5 Å². The van der Waals surface area contributed by atoms with Crippen molar-refractivity contribution in [2.45, 2.75) is 13.1 Å². The molecule has 1 N–H and O–H groups in total. The molecule has 2 aromatic rings. The van der Waals surface area contributed by atoms with Gasteiger partial charge in [-0.3, -0.25) is 4.79 Å². The first-order chi connectivity index (χ1) is 9.33. The lowest BCUT2D eigenvalue weighted by Crippen LogP contribution is -2.32. The van der Waals surface area contributed by atoms with Gasteiger partial charge in [0.25, 0.3) is 0 Å². The van der Waals surface area contributed by atoms with Gasteiger partial charge in [-0.2, -0.15) is 0 Å². The molecule has 1 aliphatic rings. The SMILES string of the molecule is O=C1CNc2ccccc2CN1Cc1ccccc1. The number of nitrogens with one attached hydrogen (secondary N) is 1. The van der Waals surface area contributed by atoms with Gasteiger partial charge >= 0.3 is 0 Å². The van der Waals surface area contributed by atoms with E-state index in [-0.39, 0.29) is 5.91 Å². The van der Waals surface area contributed by atoms with Crippen LogP contribution >= 0.6 is 0 Å². The van der Waals surface area contributed by atoms with Crippen LogP contribution in [0.15, 0.2) is 54.6 Å². The summed E-state index contributed by atoms with van der Waals surface area (Å²) in [5, 5.41) is 3.20. The molecule has 96 valence electrons. The monoisotopic (exact) mass is 252 g/mol. The third-order valence-electron chi connectivity index (χ3n) is 3.38. The number of amides is 1. The lowest BCUT2D eigenvalue weighted by atomic mass is 10.1. The van der Waals surface area contributed by atoms with Crippen LogP contribution in [0, 0.1) is 0 Å². The number of hydrogen-bond donors (Lipinski definition) is 1. The van der Waals surface area contributed by atoms with Gasteiger partial charge in [0.15, 0.2) is 0 Å². The van der Waals surface area contributed by atoms with Crippen molar-refractivity contribution in [3.05, 3.63) is 65.7 Å². The molecule has 0 radical (unpaired) electrons. The summed E-state index contributed by atoms with van der Waals surface area (Å²) in [7, 11) is 0. The highest BCUT2D eigenvalue weighted by Gasteiger charge is 2.19. The van der Waals surface area contributed by atoms with E-state index in [0.29, 0.717) is 19.6 Å². The van der Waals surface area contributed by atoms with Crippen LogP contribution in [0.1, 0.15) is 11.1 Å². The Hall–Kier alpha value is -2.29. The number of anilines is 1. The lowest BCUT2D eigenvalue weighted by Gasteiger charge is -2.20. The minimum absolute atomic E-state index is 0.139. The topological polar surface area (TPSA) is 32.3 Å². The summed E-state index contributed by atoms with van der Waals surface area (Å²) in [6.07, 6.45) is 0. The summed E-state index contributed by atoms with van der Waals surface area (Å²) in [6, 6.07) is 18.2. The molecule has 1 amide bonds. The summed E-state index contributed by atoms with van der Waals surface area (Å²) in [6.45, 7) is 1.69. The summed E-state index contributed by atoms with van der Waals surface area (Å²) >= 11 is 0. The molecule has 3 rings (SSSR count). The van der Waals surface area contributed by atoms with Gasteiger partial charge in [-0.25, -0.2) is 0 Å². The molecule has 0 aliphatic carbocycles. The van der Waals surface area contributed by atoms with E-state index in [0.717, 1.165) is 11.3 Å². The largest absolute Gasteiger partial charge is 0.376 e. The molecule has 1 aliphatic heterocycles. The van der Waals surface area contributed by atoms with Crippen LogP contribution in [0.2, 0.25) is 0 Å². The van der Waals surface area contributed by atoms with E-state index in [1.165, 1.54) is 5.56 Å². The van der Waals surface area contributed by atoms with Crippen LogP contribution in [-0.4, -0.2) is 17.4 Å². The lowest BCUT2D eigenvalue weighted by molar-refractivity contribution is -0.130. The van der Waals surface area contributed by atoms with E-state index in [1.807, 2.05) is 41.3 Å². The van der Waals surface area contributed by atoms with Crippen LogP contribution in [-0.2, 0) is 17.9 Å². The molecular formula is C16H16N2O. The zero-order valence-electron chi connectivity index (χ0n) is 10.7. The average Bonchev–Trinajstić information content (AvgIpc) is 2.61. The maximum Gasteiger partial charge on any atom is 0.242 e. The number of carbonyl (C=O) groups excluding carboxylic acids is 1. The van der Waals surface area contributed by atoms with Crippen LogP contribution in [0.4, 0.5) is 5.69 Å². The molecule has 0 spiro atoms. The average molecular weight is 252 g/mol. The van der Waals surface area contributed by atoms with Gasteiger partial charge in [0.1, 0.15) is 0 Å². The zero-order chi connectivity index (χ0) is 13.1. The number of carbonyl (C=O) groups is 1. The fraction of sp³-hybridized carbons (Fsp3) is 0.188. The second-order valence-corrected chi connectivity index (χ2v) is 4.75. The minimum Gasteiger partial charge on any atom is -0.376 e. The van der Waals surface area contributed by atoms with Gasteiger partial charge in [0, 0.05) is 18.8 Å². The number of nitrogens with zero attached hydrogens (tertiary/aromatic N) is 1. The minimum atomic E-state index is 0.139. The fourth-order valence-corrected chi connectivity index (χ4v) is 2.35. The van der Waals surface area contributed by atoms with E-state index < -0.39 is 0 Å². The van der Waals surface area contributed by atoms with E-state index in [1.54, 1.807) is 0 Å². The van der Waals surface area contributed by atoms with Gasteiger partial charge in [-0.15, -0.1) is 0 Å². The summed E-state index contributed by atoms with van der Waals surface area (Å²) in [5.74, 6) is 0.139. The standard InChI is InChI=1S/C16H16N2O/c19-16-10-17-15-9-5-4-8-14(15)12-18(16)11-13-6-2-1-3-7-13/h1-9,17H,10-12H2. The predicted octanol–water partition coefficient (Wildman–Crippen LogP) is 2.64. The quantitative estimate of drug-likeness (QED) is 0.891. The first kappa shape index (κ1) is 11.8. The molecule has 0 saturated heterocycles. The molecule has 0 fully saturated rings. The molecule has 0 bridgehead atoms. The molecule has 0 saturated carbocycles. The van der Waals surface area contributed by atoms with Crippen LogP contribution in [0.5, 0.6) is 0 Å². The van der Waals surface area contributed by atoms with Crippen molar-refractivity contribution in [2.75, 3.05) is 11.9 Å². The van der Waals surface area contributed by atoms with Gasteiger partial charge in [0.2, 0.25) is 5.91 Å². The van der Waals surface area contributed by atoms with E-state index in [2.05, 4.69) is 23.5 Å². The highest BCUT2D eigenvalue weighted by Crippen LogP contribution is 2.21. The number of hydrogen-bond acceptors (Lipinski definition) is 2.